The maximum atomic E-state index is 14.3. The first-order valence-electron chi connectivity index (χ1n) is 22.4. The molecule has 5 heterocycles. The molecule has 5 aromatic rings. The van der Waals surface area contributed by atoms with Gasteiger partial charge < -0.3 is 44.6 Å². The fraction of sp³-hybridized carbons (Fsp3) is 0.429. The van der Waals surface area contributed by atoms with E-state index in [4.69, 9.17) is 24.2 Å². The third-order valence-corrected chi connectivity index (χ3v) is 12.8. The van der Waals surface area contributed by atoms with Gasteiger partial charge in [-0.15, -0.1) is 0 Å². The first kappa shape index (κ1) is 42.6. The zero-order valence-corrected chi connectivity index (χ0v) is 36.4. The number of likely N-dealkylation sites (tertiary alicyclic amines) is 2. The van der Waals surface area contributed by atoms with E-state index < -0.39 is 24.3 Å². The molecular formula is C49H54N8O7. The fourth-order valence-corrected chi connectivity index (χ4v) is 9.47. The zero-order chi connectivity index (χ0) is 44.3. The number of nitrogens with zero attached hydrogens (tertiary/aromatic N) is 4. The fourth-order valence-electron chi connectivity index (χ4n) is 9.47. The number of alkyl carbamates (subject to hydrolysis) is 2. The van der Waals surface area contributed by atoms with Gasteiger partial charge in [0.05, 0.1) is 49.1 Å². The maximum Gasteiger partial charge on any atom is 0.408 e. The van der Waals surface area contributed by atoms with Gasteiger partial charge >= 0.3 is 12.2 Å². The monoisotopic (exact) mass is 866 g/mol. The van der Waals surface area contributed by atoms with E-state index in [1.165, 1.54) is 12.7 Å². The van der Waals surface area contributed by atoms with Gasteiger partial charge in [-0.3, -0.25) is 9.59 Å². The van der Waals surface area contributed by atoms with Gasteiger partial charge in [0.1, 0.15) is 29.8 Å². The molecule has 0 unspecified atom stereocenters. The lowest BCUT2D eigenvalue weighted by Crippen LogP contribution is -2.51. The highest BCUT2D eigenvalue weighted by atomic mass is 16.6. The Labute approximate surface area is 372 Å². The predicted molar refractivity (Wildman–Crippen MR) is 238 cm³/mol. The highest BCUT2D eigenvalue weighted by Crippen LogP contribution is 2.38. The molecule has 0 bridgehead atoms. The van der Waals surface area contributed by atoms with Crippen LogP contribution < -0.4 is 10.6 Å². The number of carbonyl (C=O) groups excluding carboxylic acids is 4. The number of nitrogens with one attached hydrogen (secondary N) is 4. The minimum absolute atomic E-state index is 0.110. The molecule has 332 valence electrons. The molecule has 4 N–H and O–H groups in total. The number of benzene rings is 3. The number of rotatable bonds is 9. The van der Waals surface area contributed by atoms with Crippen molar-refractivity contribution in [2.24, 2.45) is 5.92 Å². The van der Waals surface area contributed by atoms with Crippen molar-refractivity contribution in [2.45, 2.75) is 95.5 Å². The van der Waals surface area contributed by atoms with Crippen LogP contribution in [0, 0.1) is 17.8 Å². The van der Waals surface area contributed by atoms with Crippen LogP contribution in [0.25, 0.3) is 22.3 Å². The van der Waals surface area contributed by atoms with Crippen molar-refractivity contribution in [1.29, 1.82) is 0 Å². The second-order valence-electron chi connectivity index (χ2n) is 17.4. The molecule has 1 aliphatic carbocycles. The summed E-state index contributed by atoms with van der Waals surface area (Å²) in [5.74, 6) is 7.71. The molecule has 0 saturated carbocycles. The Morgan fingerprint density at radius 1 is 0.781 bits per heavy atom. The molecule has 15 heteroatoms. The summed E-state index contributed by atoms with van der Waals surface area (Å²) in [5, 5.41) is 5.59. The highest BCUT2D eigenvalue weighted by Gasteiger charge is 2.39. The number of ether oxygens (including phenoxy) is 3. The molecule has 3 fully saturated rings. The normalized spacial score (nSPS) is 19.3. The summed E-state index contributed by atoms with van der Waals surface area (Å²) < 4.78 is 15.9. The molecule has 4 amide bonds. The Bertz CT molecular complexity index is 2600. The van der Waals surface area contributed by atoms with Crippen molar-refractivity contribution in [1.82, 2.24) is 40.4 Å². The van der Waals surface area contributed by atoms with Crippen LogP contribution in [0.15, 0.2) is 66.7 Å². The first-order valence-corrected chi connectivity index (χ1v) is 22.4. The van der Waals surface area contributed by atoms with Gasteiger partial charge in [0.25, 0.3) is 5.91 Å². The van der Waals surface area contributed by atoms with E-state index in [2.05, 4.69) is 44.6 Å². The first-order chi connectivity index (χ1) is 31.1. The average Bonchev–Trinajstić information content (AvgIpc) is 4.15. The topological polar surface area (TPSA) is 184 Å². The number of aryl methyl sites for hydroxylation is 2. The number of hydrogen-bond donors (Lipinski definition) is 4. The van der Waals surface area contributed by atoms with E-state index in [1.54, 1.807) is 0 Å². The number of methoxy groups -OCH3 is 1. The Morgan fingerprint density at radius 3 is 2.19 bits per heavy atom. The van der Waals surface area contributed by atoms with Crippen molar-refractivity contribution in [3.63, 3.8) is 0 Å². The molecular weight excluding hydrogens is 813 g/mol. The molecule has 0 radical (unpaired) electrons. The predicted octanol–water partition coefficient (Wildman–Crippen LogP) is 6.81. The van der Waals surface area contributed by atoms with E-state index >= 15 is 0 Å². The SMILES string of the molecule is COC(=O)N[C@H](C(=O)N1CCC[C@H]1c1nc2c([nH]1)CCc1cc(C#Cc3ccc4nc([C@@H]5CCCN5C(=O)[C@H](NC(=O)OC5CCOCC5)c5ccccc5)[nH]c4c3)ccc1-2)C(C)C. The summed E-state index contributed by atoms with van der Waals surface area (Å²) in [7, 11) is 1.30. The van der Waals surface area contributed by atoms with Crippen LogP contribution in [0.1, 0.15) is 110 Å². The average molecular weight is 867 g/mol. The number of carbonyl (C=O) groups is 4. The van der Waals surface area contributed by atoms with Crippen LogP contribution in [0.5, 0.6) is 0 Å². The smallest absolute Gasteiger partial charge is 0.408 e. The van der Waals surface area contributed by atoms with Crippen molar-refractivity contribution >= 4 is 35.0 Å². The largest absolute Gasteiger partial charge is 0.453 e. The summed E-state index contributed by atoms with van der Waals surface area (Å²) in [5.41, 5.74) is 8.21. The molecule has 4 atom stereocenters. The van der Waals surface area contributed by atoms with Crippen LogP contribution in [0.2, 0.25) is 0 Å². The van der Waals surface area contributed by atoms with E-state index in [0.29, 0.717) is 50.5 Å². The second kappa shape index (κ2) is 18.6. The summed E-state index contributed by atoms with van der Waals surface area (Å²) in [6.07, 6.45) is 4.57. The maximum absolute atomic E-state index is 14.3. The lowest BCUT2D eigenvalue weighted by atomic mass is 9.91. The summed E-state index contributed by atoms with van der Waals surface area (Å²) >= 11 is 0. The Balaban J connectivity index is 0.888. The number of aromatic nitrogens is 4. The molecule has 4 aliphatic rings. The minimum Gasteiger partial charge on any atom is -0.453 e. The molecule has 3 saturated heterocycles. The van der Waals surface area contributed by atoms with Gasteiger partial charge in [-0.05, 0) is 85.9 Å². The number of hydrogen-bond acceptors (Lipinski definition) is 9. The number of amides is 4. The van der Waals surface area contributed by atoms with Gasteiger partial charge in [-0.25, -0.2) is 19.6 Å². The van der Waals surface area contributed by atoms with Crippen molar-refractivity contribution in [3.8, 4) is 23.1 Å². The molecule has 64 heavy (non-hydrogen) atoms. The molecule has 2 aromatic heterocycles. The third-order valence-electron chi connectivity index (χ3n) is 12.8. The Kier molecular flexibility index (Phi) is 12.4. The lowest BCUT2D eigenvalue weighted by molar-refractivity contribution is -0.136. The van der Waals surface area contributed by atoms with Crippen LogP contribution in [-0.2, 0) is 36.6 Å². The standard InChI is InChI=1S/C49H54N8O7/c1-29(2)41(54-48(60)62-3)46(58)56-23-8-12-40(56)45-51-37-20-17-33-27-30(15-18-35(33)43(37)53-45)13-14-31-16-19-36-38(28-31)52-44(50-36)39-11-7-24-57(39)47(59)42(32-9-5-4-6-10-32)55-49(61)64-34-21-25-63-26-22-34/h4-6,9-10,15-16,18-19,27-29,34,39-42H,7-8,11-12,17,20-26H2,1-3H3,(H,50,52)(H,51,53)(H,54,60)(H,55,61)/t39-,40-,41-,42+/m0/s1. The summed E-state index contributed by atoms with van der Waals surface area (Å²) in [6, 6.07) is 19.3. The number of fused-ring (bicyclic) bond motifs is 4. The van der Waals surface area contributed by atoms with Gasteiger partial charge in [0.15, 0.2) is 0 Å². The van der Waals surface area contributed by atoms with Crippen LogP contribution in [0.3, 0.4) is 0 Å². The van der Waals surface area contributed by atoms with E-state index in [-0.39, 0.29) is 35.9 Å². The minimum atomic E-state index is -0.912. The van der Waals surface area contributed by atoms with Gasteiger partial charge in [0, 0.05) is 48.3 Å². The molecule has 3 aliphatic heterocycles. The van der Waals surface area contributed by atoms with Crippen LogP contribution in [-0.4, -0.2) is 99.3 Å². The van der Waals surface area contributed by atoms with Crippen LogP contribution in [0.4, 0.5) is 9.59 Å². The van der Waals surface area contributed by atoms with Crippen molar-refractivity contribution < 1.29 is 33.4 Å². The zero-order valence-electron chi connectivity index (χ0n) is 36.4. The summed E-state index contributed by atoms with van der Waals surface area (Å²) in [6.45, 7) is 6.04. The molecule has 3 aromatic carbocycles. The Morgan fingerprint density at radius 2 is 1.47 bits per heavy atom. The molecule has 9 rings (SSSR count). The lowest BCUT2D eigenvalue weighted by Gasteiger charge is -2.30. The number of aromatic amines is 2. The van der Waals surface area contributed by atoms with Gasteiger partial charge in [-0.1, -0.05) is 62.1 Å². The van der Waals surface area contributed by atoms with E-state index in [1.807, 2.05) is 78.2 Å². The Hall–Kier alpha value is -6.66. The molecule has 15 nitrogen and oxygen atoms in total. The highest BCUT2D eigenvalue weighted by molar-refractivity contribution is 5.88. The molecule has 0 spiro atoms. The van der Waals surface area contributed by atoms with Gasteiger partial charge in [-0.2, -0.15) is 0 Å². The third kappa shape index (κ3) is 8.92. The number of imidazole rings is 2. The summed E-state index contributed by atoms with van der Waals surface area (Å²) in [4.78, 5) is 73.9. The van der Waals surface area contributed by atoms with Gasteiger partial charge in [0.2, 0.25) is 5.91 Å². The quantitative estimate of drug-likeness (QED) is 0.116. The number of H-pyrrole nitrogens is 2. The van der Waals surface area contributed by atoms with Crippen LogP contribution >= 0.6 is 0 Å². The second-order valence-corrected chi connectivity index (χ2v) is 17.4. The van der Waals surface area contributed by atoms with Crippen molar-refractivity contribution in [2.75, 3.05) is 33.4 Å². The van der Waals surface area contributed by atoms with Crippen molar-refractivity contribution in [3.05, 3.63) is 106 Å². The van der Waals surface area contributed by atoms with E-state index in [0.717, 1.165) is 83.5 Å². The van der Waals surface area contributed by atoms with E-state index in [9.17, 15) is 19.2 Å².